The normalized spacial score (nSPS) is 40.0. The van der Waals surface area contributed by atoms with Gasteiger partial charge in [-0.15, -0.1) is 0 Å². The molecule has 2 atom stereocenters. The molecule has 1 saturated carbocycles. The number of hydrogen-bond donors (Lipinski definition) is 0. The van der Waals surface area contributed by atoms with Gasteiger partial charge in [-0.3, -0.25) is 0 Å². The Morgan fingerprint density at radius 2 is 2.44 bits per heavy atom. The lowest BCUT2D eigenvalue weighted by molar-refractivity contribution is 0.135. The molecule has 1 rings (SSSR count). The fourth-order valence-corrected chi connectivity index (χ4v) is 1.25. The molecular weight excluding hydrogens is 116 g/mol. The molecule has 0 saturated heterocycles. The summed E-state index contributed by atoms with van der Waals surface area (Å²) in [5.41, 5.74) is -0.123. The molecule has 1 radical (unpaired) electrons. The Labute approximate surface area is 55.2 Å². The van der Waals surface area contributed by atoms with Gasteiger partial charge in [0.2, 0.25) is 0 Å². The van der Waals surface area contributed by atoms with Crippen LogP contribution in [0.15, 0.2) is 0 Å². The van der Waals surface area contributed by atoms with Gasteiger partial charge in [-0.05, 0) is 18.8 Å². The summed E-state index contributed by atoms with van der Waals surface area (Å²) in [5.74, 6) is 0.545. The van der Waals surface area contributed by atoms with Crippen molar-refractivity contribution >= 4 is 6.47 Å². The third-order valence-corrected chi connectivity index (χ3v) is 2.23. The van der Waals surface area contributed by atoms with Crippen LogP contribution in [0.3, 0.4) is 0 Å². The van der Waals surface area contributed by atoms with Crippen LogP contribution >= 0.6 is 0 Å². The van der Waals surface area contributed by atoms with Crippen molar-refractivity contribution in [3.8, 4) is 0 Å². The van der Waals surface area contributed by atoms with E-state index in [4.69, 9.17) is 4.74 Å². The van der Waals surface area contributed by atoms with Crippen molar-refractivity contribution in [3.63, 3.8) is 0 Å². The molecule has 0 bridgehead atoms. The summed E-state index contributed by atoms with van der Waals surface area (Å²) in [7, 11) is 0. The van der Waals surface area contributed by atoms with E-state index in [0.29, 0.717) is 5.92 Å². The van der Waals surface area contributed by atoms with E-state index in [1.54, 1.807) is 0 Å². The fraction of sp³-hybridized carbons (Fsp3) is 0.857. The Morgan fingerprint density at radius 3 is 2.56 bits per heavy atom. The molecule has 2 heteroatoms. The van der Waals surface area contributed by atoms with Crippen LogP contribution in [0.5, 0.6) is 0 Å². The van der Waals surface area contributed by atoms with Crippen LogP contribution in [-0.4, -0.2) is 12.1 Å². The molecule has 0 heterocycles. The maximum Gasteiger partial charge on any atom is 0.418 e. The molecular formula is C7H11O2. The second kappa shape index (κ2) is 2.01. The zero-order chi connectivity index (χ0) is 6.91. The Kier molecular flexibility index (Phi) is 1.47. The number of ether oxygens (including phenoxy) is 1. The van der Waals surface area contributed by atoms with E-state index in [0.717, 1.165) is 12.8 Å². The van der Waals surface area contributed by atoms with E-state index in [9.17, 15) is 4.79 Å². The first-order valence-corrected chi connectivity index (χ1v) is 3.30. The van der Waals surface area contributed by atoms with Crippen LogP contribution in [0.4, 0.5) is 0 Å². The SMILES string of the molecule is CCC1(O[C]=O)CC1C. The summed E-state index contributed by atoms with van der Waals surface area (Å²) in [4.78, 5) is 9.82. The van der Waals surface area contributed by atoms with Crippen LogP contribution in [-0.2, 0) is 9.53 Å². The second-order valence-electron chi connectivity index (χ2n) is 2.71. The lowest BCUT2D eigenvalue weighted by Gasteiger charge is -2.08. The first-order chi connectivity index (χ1) is 4.25. The van der Waals surface area contributed by atoms with Gasteiger partial charge in [0.05, 0.1) is 0 Å². The second-order valence-corrected chi connectivity index (χ2v) is 2.71. The molecule has 0 N–H and O–H groups in total. The summed E-state index contributed by atoms with van der Waals surface area (Å²) in [6.45, 7) is 5.61. The van der Waals surface area contributed by atoms with Crippen molar-refractivity contribution in [1.29, 1.82) is 0 Å². The number of rotatable bonds is 3. The summed E-state index contributed by atoms with van der Waals surface area (Å²) >= 11 is 0. The molecule has 0 aromatic heterocycles. The minimum atomic E-state index is -0.123. The maximum absolute atomic E-state index is 9.82. The van der Waals surface area contributed by atoms with Crippen molar-refractivity contribution in [2.24, 2.45) is 5.92 Å². The quantitative estimate of drug-likeness (QED) is 0.570. The Morgan fingerprint density at radius 1 is 1.89 bits per heavy atom. The molecule has 2 unspecified atom stereocenters. The molecule has 2 nitrogen and oxygen atoms in total. The van der Waals surface area contributed by atoms with Crippen molar-refractivity contribution in [1.82, 2.24) is 0 Å². The standard InChI is InChI=1S/C7H11O2/c1-3-7(9-5-8)4-6(7)2/h6H,3-4H2,1-2H3. The van der Waals surface area contributed by atoms with Gasteiger partial charge < -0.3 is 4.74 Å². The topological polar surface area (TPSA) is 26.3 Å². The van der Waals surface area contributed by atoms with Crippen LogP contribution in [0.2, 0.25) is 0 Å². The molecule has 1 aliphatic carbocycles. The van der Waals surface area contributed by atoms with Crippen LogP contribution < -0.4 is 0 Å². The molecule has 1 fully saturated rings. The third-order valence-electron chi connectivity index (χ3n) is 2.23. The van der Waals surface area contributed by atoms with E-state index in [2.05, 4.69) is 6.92 Å². The van der Waals surface area contributed by atoms with E-state index in [-0.39, 0.29) is 5.60 Å². The van der Waals surface area contributed by atoms with Gasteiger partial charge in [-0.25, -0.2) is 4.79 Å². The van der Waals surface area contributed by atoms with Gasteiger partial charge in [0.25, 0.3) is 0 Å². The van der Waals surface area contributed by atoms with E-state index in [1.807, 2.05) is 6.92 Å². The smallest absolute Gasteiger partial charge is 0.418 e. The average molecular weight is 127 g/mol. The van der Waals surface area contributed by atoms with Gasteiger partial charge in [0.1, 0.15) is 5.60 Å². The largest absolute Gasteiger partial charge is 0.450 e. The summed E-state index contributed by atoms with van der Waals surface area (Å²) in [5, 5.41) is 0. The lowest BCUT2D eigenvalue weighted by Crippen LogP contribution is -2.13. The summed E-state index contributed by atoms with van der Waals surface area (Å²) < 4.78 is 4.80. The highest BCUT2D eigenvalue weighted by Gasteiger charge is 2.52. The molecule has 0 spiro atoms. The van der Waals surface area contributed by atoms with Crippen molar-refractivity contribution < 1.29 is 9.53 Å². The van der Waals surface area contributed by atoms with Crippen molar-refractivity contribution in [2.45, 2.75) is 32.3 Å². The Balaban J connectivity index is 2.41. The molecule has 9 heavy (non-hydrogen) atoms. The number of carbonyl (C=O) groups excluding carboxylic acids is 1. The van der Waals surface area contributed by atoms with Crippen LogP contribution in [0, 0.1) is 5.92 Å². The minimum absolute atomic E-state index is 0.123. The van der Waals surface area contributed by atoms with Gasteiger partial charge in [-0.2, -0.15) is 0 Å². The highest BCUT2D eigenvalue weighted by Crippen LogP contribution is 2.48. The molecule has 0 aromatic carbocycles. The first kappa shape index (κ1) is 6.59. The first-order valence-electron chi connectivity index (χ1n) is 3.30. The Bertz CT molecular complexity index is 118. The lowest BCUT2D eigenvalue weighted by atomic mass is 10.2. The number of hydrogen-bond acceptors (Lipinski definition) is 2. The van der Waals surface area contributed by atoms with E-state index < -0.39 is 0 Å². The molecule has 51 valence electrons. The van der Waals surface area contributed by atoms with E-state index >= 15 is 0 Å². The van der Waals surface area contributed by atoms with Gasteiger partial charge in [-0.1, -0.05) is 13.8 Å². The van der Waals surface area contributed by atoms with Gasteiger partial charge >= 0.3 is 6.47 Å². The van der Waals surface area contributed by atoms with Crippen molar-refractivity contribution in [3.05, 3.63) is 0 Å². The highest BCUT2D eigenvalue weighted by atomic mass is 16.5. The van der Waals surface area contributed by atoms with Gasteiger partial charge in [0, 0.05) is 0 Å². The molecule has 0 aromatic rings. The third kappa shape index (κ3) is 0.934. The zero-order valence-corrected chi connectivity index (χ0v) is 5.81. The highest BCUT2D eigenvalue weighted by molar-refractivity contribution is 5.41. The van der Waals surface area contributed by atoms with E-state index in [1.165, 1.54) is 6.47 Å². The molecule has 0 amide bonds. The van der Waals surface area contributed by atoms with Crippen LogP contribution in [0.25, 0.3) is 0 Å². The summed E-state index contributed by atoms with van der Waals surface area (Å²) in [6.07, 6.45) is 1.93. The Hall–Kier alpha value is -0.530. The predicted octanol–water partition coefficient (Wildman–Crippen LogP) is 1.26. The predicted molar refractivity (Wildman–Crippen MR) is 33.6 cm³/mol. The van der Waals surface area contributed by atoms with Gasteiger partial charge in [0.15, 0.2) is 0 Å². The fourth-order valence-electron chi connectivity index (χ4n) is 1.25. The maximum atomic E-state index is 9.82. The minimum Gasteiger partial charge on any atom is -0.450 e. The average Bonchev–Trinajstić information content (AvgIpc) is 2.45. The molecule has 1 aliphatic rings. The van der Waals surface area contributed by atoms with Crippen molar-refractivity contribution in [2.75, 3.05) is 0 Å². The van der Waals surface area contributed by atoms with Crippen LogP contribution in [0.1, 0.15) is 26.7 Å². The zero-order valence-electron chi connectivity index (χ0n) is 5.81. The molecule has 0 aliphatic heterocycles. The summed E-state index contributed by atoms with van der Waals surface area (Å²) in [6, 6.07) is 0. The monoisotopic (exact) mass is 127 g/mol.